The Bertz CT molecular complexity index is 1630. The van der Waals surface area contributed by atoms with Gasteiger partial charge in [-0.25, -0.2) is 0 Å². The largest absolute Gasteiger partial charge is 0.490 e. The monoisotopic (exact) mass is 724 g/mol. The number of ether oxygens (including phenoxy) is 2. The average Bonchev–Trinajstić information content (AvgIpc) is 3.23. The van der Waals surface area contributed by atoms with Crippen molar-refractivity contribution in [1.29, 1.82) is 0 Å². The van der Waals surface area contributed by atoms with Crippen molar-refractivity contribution >= 4 is 79.6 Å². The smallest absolute Gasteiger partial charge is 0.285 e. The van der Waals surface area contributed by atoms with Gasteiger partial charge in [-0.05, 0) is 138 Å². The number of carbonyl (C=O) groups is 2. The van der Waals surface area contributed by atoms with E-state index in [9.17, 15) is 9.59 Å². The second-order valence-corrected chi connectivity index (χ2v) is 15.2. The summed E-state index contributed by atoms with van der Waals surface area (Å²) in [5.41, 5.74) is 4.49. The summed E-state index contributed by atoms with van der Waals surface area (Å²) in [6, 6.07) is 18.4. The van der Waals surface area contributed by atoms with Gasteiger partial charge in [0, 0.05) is 0 Å². The highest BCUT2D eigenvalue weighted by Crippen LogP contribution is 2.60. The molecule has 1 aliphatic heterocycles. The third-order valence-corrected chi connectivity index (χ3v) is 11.5. The van der Waals surface area contributed by atoms with E-state index in [1.54, 1.807) is 0 Å². The van der Waals surface area contributed by atoms with Crippen LogP contribution in [0.5, 0.6) is 11.5 Å². The number of nitrogens with one attached hydrogen (secondary N) is 1. The summed E-state index contributed by atoms with van der Waals surface area (Å²) in [5, 5.41) is 3.61. The predicted molar refractivity (Wildman–Crippen MR) is 182 cm³/mol. The van der Waals surface area contributed by atoms with E-state index in [1.807, 2.05) is 43.3 Å². The third-order valence-electron chi connectivity index (χ3n) is 9.41. The van der Waals surface area contributed by atoms with Gasteiger partial charge in [-0.1, -0.05) is 54.2 Å². The lowest BCUT2D eigenvalue weighted by Gasteiger charge is -2.55. The van der Waals surface area contributed by atoms with Gasteiger partial charge in [0.2, 0.25) is 5.91 Å². The van der Waals surface area contributed by atoms with Gasteiger partial charge >= 0.3 is 0 Å². The van der Waals surface area contributed by atoms with Crippen molar-refractivity contribution in [1.82, 2.24) is 10.4 Å². The molecule has 5 fully saturated rings. The summed E-state index contributed by atoms with van der Waals surface area (Å²) < 4.78 is 13.6. The second kappa shape index (κ2) is 11.7. The highest BCUT2D eigenvalue weighted by Gasteiger charge is 2.55. The number of hydrogen-bond acceptors (Lipinski definition) is 6. The lowest BCUT2D eigenvalue weighted by atomic mass is 9.49. The van der Waals surface area contributed by atoms with E-state index in [2.05, 4.69) is 52.3 Å². The Labute approximate surface area is 275 Å². The van der Waals surface area contributed by atoms with Crippen molar-refractivity contribution in [2.75, 3.05) is 6.61 Å². The predicted octanol–water partition coefficient (Wildman–Crippen LogP) is 7.87. The van der Waals surface area contributed by atoms with Gasteiger partial charge in [0.1, 0.15) is 6.61 Å². The molecule has 4 aliphatic carbocycles. The van der Waals surface area contributed by atoms with Crippen LogP contribution in [0.4, 0.5) is 0 Å². The molecule has 43 heavy (non-hydrogen) atoms. The maximum atomic E-state index is 13.6. The minimum absolute atomic E-state index is 0.0370. The lowest BCUT2D eigenvalue weighted by Crippen LogP contribution is -2.57. The summed E-state index contributed by atoms with van der Waals surface area (Å²) in [7, 11) is 0. The Morgan fingerprint density at radius 1 is 1.07 bits per heavy atom. The molecule has 0 radical (unpaired) electrons. The topological polar surface area (TPSA) is 67.9 Å². The number of halogens is 1. The first-order chi connectivity index (χ1) is 20.8. The fourth-order valence-corrected chi connectivity index (χ4v) is 9.93. The Morgan fingerprint density at radius 3 is 2.49 bits per heavy atom. The van der Waals surface area contributed by atoms with E-state index in [0.29, 0.717) is 51.7 Å². The first-order valence-electron chi connectivity index (χ1n) is 15.0. The highest BCUT2D eigenvalue weighted by molar-refractivity contribution is 14.1. The second-order valence-electron chi connectivity index (χ2n) is 12.3. The summed E-state index contributed by atoms with van der Waals surface area (Å²) >= 11 is 9.03. The van der Waals surface area contributed by atoms with Gasteiger partial charge in [0.25, 0.3) is 5.91 Å². The van der Waals surface area contributed by atoms with Crippen molar-refractivity contribution in [2.24, 2.45) is 23.2 Å². The zero-order valence-corrected chi connectivity index (χ0v) is 27.7. The molecular formula is C34H33IN2O4S2. The molecule has 3 aromatic carbocycles. The Morgan fingerprint density at radius 2 is 1.77 bits per heavy atom. The molecule has 0 aromatic heterocycles. The maximum Gasteiger partial charge on any atom is 0.285 e. The van der Waals surface area contributed by atoms with Gasteiger partial charge in [-0.15, -0.1) is 0 Å². The number of thiocarbonyl (C=S) groups is 1. The number of hydrazine groups is 1. The molecule has 0 spiro atoms. The molecule has 0 atom stereocenters. The standard InChI is InChI=1S/C34H33IN2O4S2/c1-2-40-28-14-20(13-27(35)30(28)41-19-25-8-5-7-24-6-3-4-9-26(24)25)15-29-31(38)37(33(42)43-29)36-32(39)34-16-21-10-22(17-34)12-23(11-21)18-34/h3-9,13-15,21-23H,2,10-12,16-19H2,1H3,(H,36,39)/b29-15+. The van der Waals surface area contributed by atoms with Crippen LogP contribution in [0, 0.1) is 26.7 Å². The average molecular weight is 725 g/mol. The molecule has 1 heterocycles. The molecule has 222 valence electrons. The van der Waals surface area contributed by atoms with E-state index < -0.39 is 0 Å². The summed E-state index contributed by atoms with van der Waals surface area (Å²) in [6.45, 7) is 2.81. The van der Waals surface area contributed by atoms with Crippen LogP contribution in [-0.4, -0.2) is 27.8 Å². The fourth-order valence-electron chi connectivity index (χ4n) is 7.97. The molecule has 6 nitrogen and oxygen atoms in total. The van der Waals surface area contributed by atoms with Crippen LogP contribution in [0.3, 0.4) is 0 Å². The molecular weight excluding hydrogens is 691 g/mol. The zero-order chi connectivity index (χ0) is 29.7. The van der Waals surface area contributed by atoms with Crippen molar-refractivity contribution in [2.45, 2.75) is 52.1 Å². The first-order valence-corrected chi connectivity index (χ1v) is 17.3. The van der Waals surface area contributed by atoms with Gasteiger partial charge in [0.15, 0.2) is 15.8 Å². The zero-order valence-electron chi connectivity index (χ0n) is 23.9. The first kappa shape index (κ1) is 29.1. The van der Waals surface area contributed by atoms with Crippen molar-refractivity contribution in [3.05, 3.63) is 74.2 Å². The van der Waals surface area contributed by atoms with Crippen LogP contribution in [0.15, 0.2) is 59.5 Å². The lowest BCUT2D eigenvalue weighted by molar-refractivity contribution is -0.152. The van der Waals surface area contributed by atoms with E-state index in [-0.39, 0.29) is 17.2 Å². The molecule has 9 heteroatoms. The Hall–Kier alpha value is -2.63. The molecule has 4 bridgehead atoms. The number of nitrogens with zero attached hydrogens (tertiary/aromatic N) is 1. The van der Waals surface area contributed by atoms with Crippen LogP contribution in [0.1, 0.15) is 56.6 Å². The number of benzene rings is 3. The summed E-state index contributed by atoms with van der Waals surface area (Å²) in [5.74, 6) is 2.88. The number of fused-ring (bicyclic) bond motifs is 1. The maximum absolute atomic E-state index is 13.6. The molecule has 2 amide bonds. The minimum Gasteiger partial charge on any atom is -0.490 e. The highest BCUT2D eigenvalue weighted by atomic mass is 127. The molecule has 1 N–H and O–H groups in total. The van der Waals surface area contributed by atoms with Crippen molar-refractivity contribution in [3.8, 4) is 11.5 Å². The fraction of sp³-hybridized carbons (Fsp3) is 0.382. The van der Waals surface area contributed by atoms with Crippen LogP contribution in [-0.2, 0) is 16.2 Å². The number of carbonyl (C=O) groups excluding carboxylic acids is 2. The normalized spacial score (nSPS) is 26.9. The van der Waals surface area contributed by atoms with Crippen LogP contribution in [0.25, 0.3) is 16.8 Å². The summed E-state index contributed by atoms with van der Waals surface area (Å²) in [4.78, 5) is 27.6. The van der Waals surface area contributed by atoms with Gasteiger partial charge in [-0.3, -0.25) is 15.0 Å². The van der Waals surface area contributed by atoms with Crippen LogP contribution in [0.2, 0.25) is 0 Å². The molecule has 1 saturated heterocycles. The quantitative estimate of drug-likeness (QED) is 0.145. The van der Waals surface area contributed by atoms with E-state index in [1.165, 1.54) is 41.4 Å². The molecule has 0 unspecified atom stereocenters. The van der Waals surface area contributed by atoms with Crippen LogP contribution < -0.4 is 14.9 Å². The molecule has 4 saturated carbocycles. The van der Waals surface area contributed by atoms with Gasteiger partial charge in [0.05, 0.1) is 20.5 Å². The van der Waals surface area contributed by atoms with Gasteiger partial charge in [-0.2, -0.15) is 5.01 Å². The Kier molecular flexibility index (Phi) is 7.92. The number of hydrogen-bond donors (Lipinski definition) is 1. The summed E-state index contributed by atoms with van der Waals surface area (Å²) in [6.07, 6.45) is 8.38. The molecule has 3 aromatic rings. The Balaban J connectivity index is 1.09. The van der Waals surface area contributed by atoms with E-state index in [0.717, 1.165) is 39.3 Å². The third kappa shape index (κ3) is 5.57. The molecule has 5 aliphatic rings. The number of thioether (sulfide) groups is 1. The van der Waals surface area contributed by atoms with Crippen molar-refractivity contribution in [3.63, 3.8) is 0 Å². The van der Waals surface area contributed by atoms with Gasteiger partial charge < -0.3 is 9.47 Å². The number of rotatable bonds is 8. The van der Waals surface area contributed by atoms with E-state index in [4.69, 9.17) is 21.7 Å². The minimum atomic E-state index is -0.355. The van der Waals surface area contributed by atoms with E-state index >= 15 is 0 Å². The van der Waals surface area contributed by atoms with Crippen molar-refractivity contribution < 1.29 is 19.1 Å². The molecule has 8 rings (SSSR count). The SMILES string of the molecule is CCOc1cc(/C=C2/SC(=S)N(NC(=O)C34CC5CC(CC(C5)C3)C4)C2=O)cc(I)c1OCc1cccc2ccccc12. The number of amides is 2. The van der Waals surface area contributed by atoms with Crippen LogP contribution >= 0.6 is 46.6 Å².